The molecule has 0 bridgehead atoms. The Morgan fingerprint density at radius 2 is 1.96 bits per heavy atom. The molecule has 0 aliphatic carbocycles. The van der Waals surface area contributed by atoms with E-state index in [9.17, 15) is 4.79 Å². The first-order valence-electron chi connectivity index (χ1n) is 6.99. The number of carbonyl (C=O) groups excluding carboxylic acids is 1. The molecule has 2 rings (SSSR count). The Labute approximate surface area is 149 Å². The third kappa shape index (κ3) is 6.77. The van der Waals surface area contributed by atoms with E-state index >= 15 is 0 Å². The zero-order valence-corrected chi connectivity index (χ0v) is 14.7. The molecule has 2 aromatic rings. The van der Waals surface area contributed by atoms with Gasteiger partial charge in [-0.1, -0.05) is 57.6 Å². The van der Waals surface area contributed by atoms with Gasteiger partial charge in [0.25, 0.3) is 0 Å². The Hall–Kier alpha value is -1.96. The number of amides is 1. The SMILES string of the molecule is O=C(Cc1ccc(Cl)cc1)NCC#CCOc1cccc(Br)c1. The molecule has 3 nitrogen and oxygen atoms in total. The van der Waals surface area contributed by atoms with Gasteiger partial charge in [-0.3, -0.25) is 4.79 Å². The van der Waals surface area contributed by atoms with Gasteiger partial charge in [0.2, 0.25) is 5.91 Å². The number of carbonyl (C=O) groups is 1. The first-order valence-corrected chi connectivity index (χ1v) is 8.16. The summed E-state index contributed by atoms with van der Waals surface area (Å²) in [6.07, 6.45) is 0.313. The highest BCUT2D eigenvalue weighted by Crippen LogP contribution is 2.17. The number of halogens is 2. The topological polar surface area (TPSA) is 38.3 Å². The van der Waals surface area contributed by atoms with Crippen LogP contribution in [0.3, 0.4) is 0 Å². The maximum absolute atomic E-state index is 11.7. The van der Waals surface area contributed by atoms with Gasteiger partial charge < -0.3 is 10.1 Å². The molecule has 1 amide bonds. The molecule has 0 saturated carbocycles. The van der Waals surface area contributed by atoms with E-state index in [1.807, 2.05) is 36.4 Å². The van der Waals surface area contributed by atoms with Gasteiger partial charge in [-0.2, -0.15) is 0 Å². The van der Waals surface area contributed by atoms with Gasteiger partial charge in [0.1, 0.15) is 12.4 Å². The second-order valence-electron chi connectivity index (χ2n) is 4.68. The summed E-state index contributed by atoms with van der Waals surface area (Å²) in [5.41, 5.74) is 0.915. The lowest BCUT2D eigenvalue weighted by Gasteiger charge is -2.02. The van der Waals surface area contributed by atoms with Crippen molar-refractivity contribution >= 4 is 33.4 Å². The van der Waals surface area contributed by atoms with E-state index in [-0.39, 0.29) is 12.5 Å². The Bertz CT molecular complexity index is 720. The molecule has 0 aromatic heterocycles. The lowest BCUT2D eigenvalue weighted by atomic mass is 10.1. The van der Waals surface area contributed by atoms with E-state index in [1.54, 1.807) is 12.1 Å². The molecule has 118 valence electrons. The van der Waals surface area contributed by atoms with Crippen LogP contribution in [0.25, 0.3) is 0 Å². The van der Waals surface area contributed by atoms with Crippen LogP contribution < -0.4 is 10.1 Å². The number of hydrogen-bond donors (Lipinski definition) is 1. The van der Waals surface area contributed by atoms with Crippen molar-refractivity contribution in [3.63, 3.8) is 0 Å². The molecule has 0 saturated heterocycles. The third-order valence-electron chi connectivity index (χ3n) is 2.88. The highest BCUT2D eigenvalue weighted by Gasteiger charge is 2.01. The molecule has 0 atom stereocenters. The lowest BCUT2D eigenvalue weighted by Crippen LogP contribution is -2.25. The van der Waals surface area contributed by atoms with Crippen LogP contribution in [-0.2, 0) is 11.2 Å². The summed E-state index contributed by atoms with van der Waals surface area (Å²) in [7, 11) is 0. The summed E-state index contributed by atoms with van der Waals surface area (Å²) in [4.78, 5) is 11.7. The van der Waals surface area contributed by atoms with Gasteiger partial charge in [-0.15, -0.1) is 0 Å². The fourth-order valence-corrected chi connectivity index (χ4v) is 2.29. The van der Waals surface area contributed by atoms with E-state index in [1.165, 1.54) is 0 Å². The molecule has 0 spiro atoms. The number of ether oxygens (including phenoxy) is 1. The third-order valence-corrected chi connectivity index (χ3v) is 3.63. The van der Waals surface area contributed by atoms with Gasteiger partial charge in [-0.05, 0) is 35.9 Å². The second kappa shape index (κ2) is 9.24. The quantitative estimate of drug-likeness (QED) is 0.785. The average molecular weight is 393 g/mol. The fraction of sp³-hybridized carbons (Fsp3) is 0.167. The van der Waals surface area contributed by atoms with E-state index in [4.69, 9.17) is 16.3 Å². The number of benzene rings is 2. The Kier molecular flexibility index (Phi) is 6.99. The van der Waals surface area contributed by atoms with Gasteiger partial charge in [-0.25, -0.2) is 0 Å². The highest BCUT2D eigenvalue weighted by atomic mass is 79.9. The molecule has 0 heterocycles. The van der Waals surface area contributed by atoms with Crippen molar-refractivity contribution in [1.82, 2.24) is 5.32 Å². The van der Waals surface area contributed by atoms with Crippen LogP contribution in [0.5, 0.6) is 5.75 Å². The van der Waals surface area contributed by atoms with Crippen molar-refractivity contribution in [2.45, 2.75) is 6.42 Å². The Morgan fingerprint density at radius 3 is 2.70 bits per heavy atom. The van der Waals surface area contributed by atoms with Crippen molar-refractivity contribution in [3.8, 4) is 17.6 Å². The molecule has 0 radical (unpaired) electrons. The summed E-state index contributed by atoms with van der Waals surface area (Å²) in [5, 5.41) is 3.40. The molecular formula is C18H15BrClNO2. The van der Waals surface area contributed by atoms with E-state index in [0.717, 1.165) is 15.8 Å². The number of nitrogens with one attached hydrogen (secondary N) is 1. The van der Waals surface area contributed by atoms with Crippen LogP contribution in [0.15, 0.2) is 53.0 Å². The molecule has 23 heavy (non-hydrogen) atoms. The zero-order chi connectivity index (χ0) is 16.5. The number of rotatable bonds is 5. The predicted octanol–water partition coefficient (Wildman–Crippen LogP) is 3.84. The van der Waals surface area contributed by atoms with Gasteiger partial charge in [0.05, 0.1) is 13.0 Å². The smallest absolute Gasteiger partial charge is 0.225 e. The van der Waals surface area contributed by atoms with Crippen molar-refractivity contribution in [3.05, 3.63) is 63.6 Å². The fourth-order valence-electron chi connectivity index (χ4n) is 1.78. The summed E-state index contributed by atoms with van der Waals surface area (Å²) in [5.74, 6) is 6.39. The standard InChI is InChI=1S/C18H15BrClNO2/c19-15-4-3-5-17(13-15)23-11-2-1-10-21-18(22)12-14-6-8-16(20)9-7-14/h3-9,13H,10-12H2,(H,21,22). The summed E-state index contributed by atoms with van der Waals surface area (Å²) < 4.78 is 6.43. The molecule has 5 heteroatoms. The minimum atomic E-state index is -0.0745. The average Bonchev–Trinajstić information content (AvgIpc) is 2.53. The summed E-state index contributed by atoms with van der Waals surface area (Å²) in [6, 6.07) is 14.7. The largest absolute Gasteiger partial charge is 0.481 e. The Balaban J connectivity index is 1.67. The monoisotopic (exact) mass is 391 g/mol. The molecule has 0 unspecified atom stereocenters. The van der Waals surface area contributed by atoms with Crippen molar-refractivity contribution in [2.75, 3.05) is 13.2 Å². The van der Waals surface area contributed by atoms with Crippen molar-refractivity contribution < 1.29 is 9.53 Å². The minimum absolute atomic E-state index is 0.0745. The minimum Gasteiger partial charge on any atom is -0.481 e. The summed E-state index contributed by atoms with van der Waals surface area (Å²) in [6.45, 7) is 0.581. The van der Waals surface area contributed by atoms with Crippen LogP contribution >= 0.6 is 27.5 Å². The lowest BCUT2D eigenvalue weighted by molar-refractivity contribution is -0.120. The van der Waals surface area contributed by atoms with Crippen LogP contribution in [0.2, 0.25) is 5.02 Å². The van der Waals surface area contributed by atoms with Gasteiger partial charge in [0.15, 0.2) is 0 Å². The van der Waals surface area contributed by atoms with Crippen LogP contribution in [-0.4, -0.2) is 19.1 Å². The van der Waals surface area contributed by atoms with Gasteiger partial charge >= 0.3 is 0 Å². The van der Waals surface area contributed by atoms with E-state index in [0.29, 0.717) is 18.0 Å². The van der Waals surface area contributed by atoms with E-state index < -0.39 is 0 Å². The molecule has 0 aliphatic rings. The van der Waals surface area contributed by atoms with Crippen molar-refractivity contribution in [1.29, 1.82) is 0 Å². The first-order chi connectivity index (χ1) is 11.1. The van der Waals surface area contributed by atoms with Crippen LogP contribution in [0, 0.1) is 11.8 Å². The normalized spacial score (nSPS) is 9.65. The molecule has 1 N–H and O–H groups in total. The molecule has 2 aromatic carbocycles. The molecule has 0 fully saturated rings. The van der Waals surface area contributed by atoms with Gasteiger partial charge in [0, 0.05) is 9.50 Å². The maximum atomic E-state index is 11.7. The van der Waals surface area contributed by atoms with Crippen LogP contribution in [0.4, 0.5) is 0 Å². The predicted molar refractivity (Wildman–Crippen MR) is 95.6 cm³/mol. The highest BCUT2D eigenvalue weighted by molar-refractivity contribution is 9.10. The number of hydrogen-bond acceptors (Lipinski definition) is 2. The summed E-state index contributed by atoms with van der Waals surface area (Å²) >= 11 is 9.17. The zero-order valence-electron chi connectivity index (χ0n) is 12.3. The second-order valence-corrected chi connectivity index (χ2v) is 6.03. The van der Waals surface area contributed by atoms with Crippen LogP contribution in [0.1, 0.15) is 5.56 Å². The molecular weight excluding hydrogens is 378 g/mol. The maximum Gasteiger partial charge on any atom is 0.225 e. The van der Waals surface area contributed by atoms with Crippen molar-refractivity contribution in [2.24, 2.45) is 0 Å². The van der Waals surface area contributed by atoms with E-state index in [2.05, 4.69) is 33.1 Å². The molecule has 0 aliphatic heterocycles. The Morgan fingerprint density at radius 1 is 1.17 bits per heavy atom. The first kappa shape index (κ1) is 17.4.